The zero-order valence-electron chi connectivity index (χ0n) is 14.0. The van der Waals surface area contributed by atoms with Gasteiger partial charge in [-0.2, -0.15) is 0 Å². The van der Waals surface area contributed by atoms with Crippen molar-refractivity contribution in [1.29, 1.82) is 0 Å². The molecule has 1 saturated heterocycles. The summed E-state index contributed by atoms with van der Waals surface area (Å²) >= 11 is 0. The van der Waals surface area contributed by atoms with E-state index in [1.54, 1.807) is 24.5 Å². The smallest absolute Gasteiger partial charge is 0.254 e. The number of nitrogens with zero attached hydrogens (tertiary/aromatic N) is 3. The monoisotopic (exact) mass is 325 g/mol. The summed E-state index contributed by atoms with van der Waals surface area (Å²) < 4.78 is 5.70. The normalized spacial score (nSPS) is 15.3. The lowest BCUT2D eigenvalue weighted by molar-refractivity contribution is 0.0627. The zero-order chi connectivity index (χ0) is 16.8. The number of piperazine rings is 1. The Labute approximate surface area is 142 Å². The maximum absolute atomic E-state index is 12.5. The van der Waals surface area contributed by atoms with Crippen molar-refractivity contribution in [2.75, 3.05) is 32.8 Å². The van der Waals surface area contributed by atoms with Crippen LogP contribution >= 0.6 is 0 Å². The highest BCUT2D eigenvalue weighted by Crippen LogP contribution is 2.20. The van der Waals surface area contributed by atoms with Gasteiger partial charge >= 0.3 is 0 Å². The lowest BCUT2D eigenvalue weighted by atomic mass is 10.1. The fourth-order valence-corrected chi connectivity index (χ4v) is 2.96. The highest BCUT2D eigenvalue weighted by Gasteiger charge is 2.22. The molecule has 5 nitrogen and oxygen atoms in total. The number of hydrogen-bond donors (Lipinski definition) is 0. The fraction of sp³-hybridized carbons (Fsp3) is 0.368. The minimum Gasteiger partial charge on any atom is -0.494 e. The number of benzene rings is 1. The molecule has 0 bridgehead atoms. The van der Waals surface area contributed by atoms with Crippen LogP contribution < -0.4 is 4.74 Å². The molecule has 0 spiro atoms. The standard InChI is InChI=1S/C19H23N3O2/c1-2-24-18-6-4-3-5-17(18)15-21-11-13-22(14-12-21)19(23)16-7-9-20-10-8-16/h3-10H,2,11-15H2,1H3. The molecular weight excluding hydrogens is 302 g/mol. The van der Waals surface area contributed by atoms with Crippen LogP contribution in [-0.4, -0.2) is 53.5 Å². The second-order valence-electron chi connectivity index (χ2n) is 5.84. The van der Waals surface area contributed by atoms with Crippen molar-refractivity contribution >= 4 is 5.91 Å². The van der Waals surface area contributed by atoms with Crippen LogP contribution in [0.15, 0.2) is 48.8 Å². The van der Waals surface area contributed by atoms with Crippen LogP contribution in [0.5, 0.6) is 5.75 Å². The Morgan fingerprint density at radius 2 is 1.79 bits per heavy atom. The summed E-state index contributed by atoms with van der Waals surface area (Å²) in [6.07, 6.45) is 3.32. The van der Waals surface area contributed by atoms with Crippen LogP contribution in [0.1, 0.15) is 22.8 Å². The van der Waals surface area contributed by atoms with Crippen LogP contribution in [0.3, 0.4) is 0 Å². The third-order valence-corrected chi connectivity index (χ3v) is 4.25. The number of aromatic nitrogens is 1. The number of ether oxygens (including phenoxy) is 1. The summed E-state index contributed by atoms with van der Waals surface area (Å²) in [6, 6.07) is 11.7. The number of carbonyl (C=O) groups is 1. The van der Waals surface area contributed by atoms with Crippen molar-refractivity contribution in [3.63, 3.8) is 0 Å². The Morgan fingerprint density at radius 3 is 2.50 bits per heavy atom. The molecule has 0 saturated carbocycles. The minimum absolute atomic E-state index is 0.0896. The maximum atomic E-state index is 12.5. The van der Waals surface area contributed by atoms with Gasteiger partial charge in [-0.25, -0.2) is 0 Å². The maximum Gasteiger partial charge on any atom is 0.254 e. The molecule has 0 aliphatic carbocycles. The van der Waals surface area contributed by atoms with E-state index in [0.717, 1.165) is 38.5 Å². The third-order valence-electron chi connectivity index (χ3n) is 4.25. The number of hydrogen-bond acceptors (Lipinski definition) is 4. The molecule has 0 N–H and O–H groups in total. The van der Waals surface area contributed by atoms with Gasteiger partial charge in [0.1, 0.15) is 5.75 Å². The average molecular weight is 325 g/mol. The van der Waals surface area contributed by atoms with E-state index in [1.807, 2.05) is 30.0 Å². The van der Waals surface area contributed by atoms with Crippen molar-refractivity contribution in [3.8, 4) is 5.75 Å². The quantitative estimate of drug-likeness (QED) is 0.847. The highest BCUT2D eigenvalue weighted by molar-refractivity contribution is 5.94. The van der Waals surface area contributed by atoms with Gasteiger partial charge in [-0.05, 0) is 25.1 Å². The van der Waals surface area contributed by atoms with Crippen LogP contribution in [0, 0.1) is 0 Å². The lowest BCUT2D eigenvalue weighted by Crippen LogP contribution is -2.48. The van der Waals surface area contributed by atoms with Crippen molar-refractivity contribution in [2.45, 2.75) is 13.5 Å². The van der Waals surface area contributed by atoms with Gasteiger partial charge in [-0.15, -0.1) is 0 Å². The van der Waals surface area contributed by atoms with E-state index in [-0.39, 0.29) is 5.91 Å². The molecule has 2 aromatic rings. The topological polar surface area (TPSA) is 45.7 Å². The predicted molar refractivity (Wildman–Crippen MR) is 93.0 cm³/mol. The summed E-state index contributed by atoms with van der Waals surface area (Å²) in [4.78, 5) is 20.7. The number of amides is 1. The molecule has 1 fully saturated rings. The zero-order valence-corrected chi connectivity index (χ0v) is 14.0. The number of rotatable bonds is 5. The molecule has 1 aromatic carbocycles. The van der Waals surface area contributed by atoms with Crippen molar-refractivity contribution in [3.05, 3.63) is 59.9 Å². The van der Waals surface area contributed by atoms with Crippen molar-refractivity contribution < 1.29 is 9.53 Å². The third kappa shape index (κ3) is 3.92. The first-order chi connectivity index (χ1) is 11.8. The first-order valence-electron chi connectivity index (χ1n) is 8.40. The molecule has 5 heteroatoms. The Bertz CT molecular complexity index is 667. The van der Waals surface area contributed by atoms with Gasteiger partial charge in [0.25, 0.3) is 5.91 Å². The molecule has 0 atom stereocenters. The summed E-state index contributed by atoms with van der Waals surface area (Å²) in [6.45, 7) is 6.77. The van der Waals surface area contributed by atoms with E-state index in [2.05, 4.69) is 16.0 Å². The SMILES string of the molecule is CCOc1ccccc1CN1CCN(C(=O)c2ccncc2)CC1. The minimum atomic E-state index is 0.0896. The van der Waals surface area contributed by atoms with Crippen LogP contribution in [0.4, 0.5) is 0 Å². The highest BCUT2D eigenvalue weighted by atomic mass is 16.5. The number of carbonyl (C=O) groups excluding carboxylic acids is 1. The van der Waals surface area contributed by atoms with Crippen molar-refractivity contribution in [1.82, 2.24) is 14.8 Å². The first-order valence-corrected chi connectivity index (χ1v) is 8.40. The average Bonchev–Trinajstić information content (AvgIpc) is 2.64. The summed E-state index contributed by atoms with van der Waals surface area (Å²) in [7, 11) is 0. The molecule has 0 unspecified atom stereocenters. The molecule has 1 aromatic heterocycles. The molecule has 126 valence electrons. The van der Waals surface area contributed by atoms with E-state index in [9.17, 15) is 4.79 Å². The molecule has 2 heterocycles. The number of para-hydroxylation sites is 1. The molecule has 3 rings (SSSR count). The van der Waals surface area contributed by atoms with Crippen LogP contribution in [0.25, 0.3) is 0 Å². The summed E-state index contributed by atoms with van der Waals surface area (Å²) in [5.74, 6) is 1.04. The van der Waals surface area contributed by atoms with E-state index < -0.39 is 0 Å². The van der Waals surface area contributed by atoms with Gasteiger partial charge in [-0.1, -0.05) is 18.2 Å². The van der Waals surface area contributed by atoms with Crippen molar-refractivity contribution in [2.24, 2.45) is 0 Å². The van der Waals surface area contributed by atoms with Crippen LogP contribution in [-0.2, 0) is 6.54 Å². The van der Waals surface area contributed by atoms with E-state index >= 15 is 0 Å². The van der Waals surface area contributed by atoms with E-state index in [4.69, 9.17) is 4.74 Å². The predicted octanol–water partition coefficient (Wildman–Crippen LogP) is 2.44. The van der Waals surface area contributed by atoms with Gasteiger partial charge in [0, 0.05) is 56.2 Å². The molecule has 1 aliphatic rings. The molecule has 1 amide bonds. The van der Waals surface area contributed by atoms with Gasteiger partial charge in [0.15, 0.2) is 0 Å². The fourth-order valence-electron chi connectivity index (χ4n) is 2.96. The molecular formula is C19H23N3O2. The summed E-state index contributed by atoms with van der Waals surface area (Å²) in [5.41, 5.74) is 1.91. The van der Waals surface area contributed by atoms with Gasteiger partial charge in [0.2, 0.25) is 0 Å². The van der Waals surface area contributed by atoms with Gasteiger partial charge in [0.05, 0.1) is 6.61 Å². The Morgan fingerprint density at radius 1 is 1.08 bits per heavy atom. The lowest BCUT2D eigenvalue weighted by Gasteiger charge is -2.35. The molecule has 24 heavy (non-hydrogen) atoms. The van der Waals surface area contributed by atoms with Gasteiger partial charge in [-0.3, -0.25) is 14.7 Å². The van der Waals surface area contributed by atoms with E-state index in [1.165, 1.54) is 5.56 Å². The Hall–Kier alpha value is -2.40. The molecule has 0 radical (unpaired) electrons. The largest absolute Gasteiger partial charge is 0.494 e. The Kier molecular flexibility index (Phi) is 5.43. The van der Waals surface area contributed by atoms with Gasteiger partial charge < -0.3 is 9.64 Å². The Balaban J connectivity index is 1.57. The summed E-state index contributed by atoms with van der Waals surface area (Å²) in [5, 5.41) is 0. The van der Waals surface area contributed by atoms with E-state index in [0.29, 0.717) is 12.2 Å². The number of pyridine rings is 1. The first kappa shape index (κ1) is 16.5. The van der Waals surface area contributed by atoms with Crippen LogP contribution in [0.2, 0.25) is 0 Å². The molecule has 1 aliphatic heterocycles. The second-order valence-corrected chi connectivity index (χ2v) is 5.84. The second kappa shape index (κ2) is 7.93.